The maximum atomic E-state index is 12.1. The third-order valence-corrected chi connectivity index (χ3v) is 3.92. The minimum atomic E-state index is -0.592. The van der Waals surface area contributed by atoms with E-state index in [1.807, 2.05) is 6.07 Å². The van der Waals surface area contributed by atoms with Gasteiger partial charge in [-0.1, -0.05) is 0 Å². The van der Waals surface area contributed by atoms with Gasteiger partial charge in [0.25, 0.3) is 5.56 Å². The Kier molecular flexibility index (Phi) is 3.29. The Balaban J connectivity index is 1.99. The minimum absolute atomic E-state index is 0.0287. The highest BCUT2D eigenvalue weighted by molar-refractivity contribution is 5.51. The van der Waals surface area contributed by atoms with E-state index in [0.29, 0.717) is 6.54 Å². The molecule has 0 spiro atoms. The molecule has 0 amide bonds. The quantitative estimate of drug-likeness (QED) is 0.759. The predicted molar refractivity (Wildman–Crippen MR) is 77.4 cm³/mol. The summed E-state index contributed by atoms with van der Waals surface area (Å²) in [5.74, 6) is 1.17. The number of fused-ring (bicyclic) bond motifs is 1. The number of rotatable bonds is 2. The van der Waals surface area contributed by atoms with E-state index in [2.05, 4.69) is 15.4 Å². The molecule has 2 aromatic heterocycles. The molecule has 2 aromatic rings. The molecular formula is C13H15N7O2. The number of aryl methyl sites for hydroxylation is 1. The molecule has 1 N–H and O–H groups in total. The third-order valence-electron chi connectivity index (χ3n) is 3.92. The van der Waals surface area contributed by atoms with Crippen molar-refractivity contribution >= 4 is 5.82 Å². The summed E-state index contributed by atoms with van der Waals surface area (Å²) in [5, 5.41) is 16.5. The molecule has 0 bridgehead atoms. The van der Waals surface area contributed by atoms with Gasteiger partial charge in [-0.05, 0) is 6.42 Å². The van der Waals surface area contributed by atoms with Crippen LogP contribution in [0.1, 0.15) is 17.8 Å². The molecule has 9 heteroatoms. The van der Waals surface area contributed by atoms with E-state index in [1.165, 1.54) is 25.0 Å². The van der Waals surface area contributed by atoms with Gasteiger partial charge >= 0.3 is 5.69 Å². The van der Waals surface area contributed by atoms with Gasteiger partial charge in [-0.25, -0.2) is 14.5 Å². The maximum absolute atomic E-state index is 12.1. The van der Waals surface area contributed by atoms with E-state index in [4.69, 9.17) is 0 Å². The first-order valence-corrected chi connectivity index (χ1v) is 6.86. The standard InChI is InChI=1S/C13H15N7O2/c1-18-11(9(5-14)12(21)19(2)13(18)22)17-8-3-4-10-15-7-16-20(10)6-8/h7-8,17H,3-4,6H2,1-2H3. The van der Waals surface area contributed by atoms with Crippen molar-refractivity contribution in [2.45, 2.75) is 25.4 Å². The Morgan fingerprint density at radius 1 is 1.36 bits per heavy atom. The van der Waals surface area contributed by atoms with E-state index in [0.717, 1.165) is 23.2 Å². The van der Waals surface area contributed by atoms with Crippen LogP contribution in [0.5, 0.6) is 0 Å². The summed E-state index contributed by atoms with van der Waals surface area (Å²) in [5.41, 5.74) is -1.12. The highest BCUT2D eigenvalue weighted by Crippen LogP contribution is 2.17. The number of aromatic nitrogens is 5. The van der Waals surface area contributed by atoms with Crippen LogP contribution in [-0.4, -0.2) is 29.9 Å². The van der Waals surface area contributed by atoms with Crippen LogP contribution in [0.3, 0.4) is 0 Å². The molecule has 0 saturated carbocycles. The smallest absolute Gasteiger partial charge is 0.332 e. The van der Waals surface area contributed by atoms with Crippen LogP contribution in [0, 0.1) is 11.3 Å². The van der Waals surface area contributed by atoms with Crippen LogP contribution in [-0.2, 0) is 27.1 Å². The molecular weight excluding hydrogens is 286 g/mol. The highest BCUT2D eigenvalue weighted by Gasteiger charge is 2.23. The van der Waals surface area contributed by atoms with Gasteiger partial charge in [0.1, 0.15) is 24.0 Å². The van der Waals surface area contributed by atoms with Crippen LogP contribution in [0.2, 0.25) is 0 Å². The van der Waals surface area contributed by atoms with Crippen molar-refractivity contribution in [3.05, 3.63) is 38.6 Å². The summed E-state index contributed by atoms with van der Waals surface area (Å²) in [6.45, 7) is 0.573. The van der Waals surface area contributed by atoms with Gasteiger partial charge in [0, 0.05) is 26.6 Å². The molecule has 1 aliphatic rings. The summed E-state index contributed by atoms with van der Waals surface area (Å²) in [6, 6.07) is 1.86. The Morgan fingerprint density at radius 2 is 2.14 bits per heavy atom. The van der Waals surface area contributed by atoms with Gasteiger partial charge in [0.2, 0.25) is 0 Å². The predicted octanol–water partition coefficient (Wildman–Crippen LogP) is -1.03. The van der Waals surface area contributed by atoms with Crippen LogP contribution in [0.4, 0.5) is 5.82 Å². The highest BCUT2D eigenvalue weighted by atomic mass is 16.2. The molecule has 114 valence electrons. The van der Waals surface area contributed by atoms with E-state index in [-0.39, 0.29) is 17.4 Å². The number of nitrogens with zero attached hydrogens (tertiary/aromatic N) is 6. The second kappa shape index (κ2) is 5.14. The molecule has 3 heterocycles. The first-order chi connectivity index (χ1) is 10.5. The second-order valence-corrected chi connectivity index (χ2v) is 5.28. The van der Waals surface area contributed by atoms with Crippen molar-refractivity contribution in [3.63, 3.8) is 0 Å². The molecule has 0 saturated heterocycles. The largest absolute Gasteiger partial charge is 0.365 e. The van der Waals surface area contributed by atoms with Crippen LogP contribution in [0.25, 0.3) is 0 Å². The summed E-state index contributed by atoms with van der Waals surface area (Å²) in [4.78, 5) is 28.2. The molecule has 0 aliphatic carbocycles. The van der Waals surface area contributed by atoms with Crippen molar-refractivity contribution < 1.29 is 0 Å². The Hall–Kier alpha value is -2.89. The second-order valence-electron chi connectivity index (χ2n) is 5.28. The first kappa shape index (κ1) is 14.1. The first-order valence-electron chi connectivity index (χ1n) is 6.86. The third kappa shape index (κ3) is 2.09. The van der Waals surface area contributed by atoms with E-state index < -0.39 is 11.2 Å². The zero-order valence-corrected chi connectivity index (χ0v) is 12.3. The molecule has 1 aliphatic heterocycles. The molecule has 3 rings (SSSR count). The summed E-state index contributed by atoms with van der Waals surface area (Å²) < 4.78 is 4.00. The van der Waals surface area contributed by atoms with Gasteiger partial charge in [0.15, 0.2) is 5.56 Å². The van der Waals surface area contributed by atoms with E-state index in [1.54, 1.807) is 4.68 Å². The number of nitrogens with one attached hydrogen (secondary N) is 1. The summed E-state index contributed by atoms with van der Waals surface area (Å²) >= 11 is 0. The van der Waals surface area contributed by atoms with Crippen LogP contribution < -0.4 is 16.6 Å². The fourth-order valence-electron chi connectivity index (χ4n) is 2.66. The fraction of sp³-hybridized carbons (Fsp3) is 0.462. The summed E-state index contributed by atoms with van der Waals surface area (Å²) in [7, 11) is 2.90. The van der Waals surface area contributed by atoms with Gasteiger partial charge in [-0.2, -0.15) is 10.4 Å². The van der Waals surface area contributed by atoms with Gasteiger partial charge in [-0.3, -0.25) is 13.9 Å². The summed E-state index contributed by atoms with van der Waals surface area (Å²) in [6.07, 6.45) is 3.04. The van der Waals surface area contributed by atoms with Crippen molar-refractivity contribution in [3.8, 4) is 6.07 Å². The average Bonchev–Trinajstić information content (AvgIpc) is 2.98. The molecule has 0 fully saturated rings. The van der Waals surface area contributed by atoms with Crippen LogP contribution >= 0.6 is 0 Å². The van der Waals surface area contributed by atoms with E-state index >= 15 is 0 Å². The molecule has 22 heavy (non-hydrogen) atoms. The Morgan fingerprint density at radius 3 is 2.86 bits per heavy atom. The van der Waals surface area contributed by atoms with Crippen molar-refractivity contribution in [1.82, 2.24) is 23.9 Å². The lowest BCUT2D eigenvalue weighted by Crippen LogP contribution is -2.42. The Labute approximate surface area is 125 Å². The van der Waals surface area contributed by atoms with Gasteiger partial charge < -0.3 is 5.32 Å². The van der Waals surface area contributed by atoms with Crippen molar-refractivity contribution in [2.75, 3.05) is 5.32 Å². The minimum Gasteiger partial charge on any atom is -0.365 e. The average molecular weight is 301 g/mol. The van der Waals surface area contributed by atoms with Gasteiger partial charge in [-0.15, -0.1) is 0 Å². The molecule has 9 nitrogen and oxygen atoms in total. The lowest BCUT2D eigenvalue weighted by atomic mass is 10.1. The monoisotopic (exact) mass is 301 g/mol. The number of nitriles is 1. The van der Waals surface area contributed by atoms with E-state index in [9.17, 15) is 14.9 Å². The number of hydrogen-bond donors (Lipinski definition) is 1. The van der Waals surface area contributed by atoms with Crippen molar-refractivity contribution in [1.29, 1.82) is 5.26 Å². The molecule has 1 atom stereocenters. The number of hydrogen-bond acceptors (Lipinski definition) is 6. The lowest BCUT2D eigenvalue weighted by Gasteiger charge is -2.25. The Bertz CT molecular complexity index is 883. The SMILES string of the molecule is Cn1c(NC2CCc3ncnn3C2)c(C#N)c(=O)n(C)c1=O. The van der Waals surface area contributed by atoms with Crippen LogP contribution in [0.15, 0.2) is 15.9 Å². The molecule has 1 unspecified atom stereocenters. The fourth-order valence-corrected chi connectivity index (χ4v) is 2.66. The molecule has 0 radical (unpaired) electrons. The lowest BCUT2D eigenvalue weighted by molar-refractivity contribution is 0.438. The zero-order chi connectivity index (χ0) is 15.9. The number of anilines is 1. The van der Waals surface area contributed by atoms with Gasteiger partial charge in [0.05, 0.1) is 6.54 Å². The normalized spacial score (nSPS) is 16.9. The molecule has 0 aromatic carbocycles. The zero-order valence-electron chi connectivity index (χ0n) is 12.3. The maximum Gasteiger partial charge on any atom is 0.332 e. The topological polar surface area (TPSA) is 111 Å². The van der Waals surface area contributed by atoms with Crippen molar-refractivity contribution in [2.24, 2.45) is 14.1 Å².